The molecule has 0 aromatic rings. The van der Waals surface area contributed by atoms with Crippen LogP contribution >= 0.6 is 0 Å². The Hall–Kier alpha value is -3.94. The largest absolute Gasteiger partial charge is 0.454 e. The molecule has 0 aromatic carbocycles. The normalized spacial score (nSPS) is 19.3. The van der Waals surface area contributed by atoms with E-state index in [9.17, 15) is 35.1 Å². The van der Waals surface area contributed by atoms with Crippen molar-refractivity contribution < 1.29 is 49.3 Å². The fraction of sp³-hybridized carbons (Fsp3) is 0.699. The van der Waals surface area contributed by atoms with Gasteiger partial charge in [-0.3, -0.25) is 9.59 Å². The van der Waals surface area contributed by atoms with Crippen molar-refractivity contribution in [3.8, 4) is 0 Å². The smallest absolute Gasteiger partial charge is 0.306 e. The summed E-state index contributed by atoms with van der Waals surface area (Å²) in [5.41, 5.74) is 0. The fourth-order valence-electron chi connectivity index (χ4n) is 9.78. The van der Waals surface area contributed by atoms with Crippen LogP contribution in [0.15, 0.2) is 122 Å². The molecule has 84 heavy (non-hydrogen) atoms. The molecule has 11 nitrogen and oxygen atoms in total. The third kappa shape index (κ3) is 46.3. The number of allylic oxidation sites excluding steroid dienone is 19. The Kier molecular flexibility index (Phi) is 55.2. The van der Waals surface area contributed by atoms with Gasteiger partial charge in [-0.25, -0.2) is 0 Å². The molecule has 1 saturated heterocycles. The second-order valence-electron chi connectivity index (χ2n) is 22.8. The Morgan fingerprint density at radius 3 is 1.31 bits per heavy atom. The fourth-order valence-corrected chi connectivity index (χ4v) is 9.78. The minimum absolute atomic E-state index is 0.0913. The molecule has 0 radical (unpaired) electrons. The van der Waals surface area contributed by atoms with Crippen LogP contribution in [0.4, 0.5) is 0 Å². The summed E-state index contributed by atoms with van der Waals surface area (Å²) in [7, 11) is 0. The van der Waals surface area contributed by atoms with E-state index in [2.05, 4.69) is 135 Å². The highest BCUT2D eigenvalue weighted by molar-refractivity contribution is 5.80. The Balaban J connectivity index is 2.63. The van der Waals surface area contributed by atoms with Crippen LogP contribution in [0.1, 0.15) is 265 Å². The van der Waals surface area contributed by atoms with E-state index in [-0.39, 0.29) is 19.4 Å². The summed E-state index contributed by atoms with van der Waals surface area (Å²) in [6, 6.07) is -1.04. The van der Waals surface area contributed by atoms with E-state index in [0.29, 0.717) is 12.8 Å². The van der Waals surface area contributed by atoms with Gasteiger partial charge in [-0.1, -0.05) is 264 Å². The van der Waals surface area contributed by atoms with Gasteiger partial charge >= 0.3 is 5.97 Å². The number of carbonyl (C=O) groups is 2. The lowest BCUT2D eigenvalue weighted by Crippen LogP contribution is -2.61. The van der Waals surface area contributed by atoms with E-state index in [1.54, 1.807) is 6.08 Å². The Bertz CT molecular complexity index is 1830. The van der Waals surface area contributed by atoms with Gasteiger partial charge in [0, 0.05) is 6.42 Å². The van der Waals surface area contributed by atoms with Crippen molar-refractivity contribution in [2.75, 3.05) is 13.2 Å². The van der Waals surface area contributed by atoms with Gasteiger partial charge in [0.05, 0.1) is 25.4 Å². The minimum atomic E-state index is -1.63. The molecule has 1 fully saturated rings. The first-order chi connectivity index (χ1) is 41.2. The lowest BCUT2D eigenvalue weighted by Gasteiger charge is -2.41. The third-order valence-corrected chi connectivity index (χ3v) is 15.1. The minimum Gasteiger partial charge on any atom is -0.454 e. The highest BCUT2D eigenvalue weighted by Crippen LogP contribution is 2.26. The summed E-state index contributed by atoms with van der Waals surface area (Å²) in [6.45, 7) is 5.63. The zero-order chi connectivity index (χ0) is 61.0. The number of esters is 1. The molecule has 1 rings (SSSR count). The quantitative estimate of drug-likeness (QED) is 0.0195. The zero-order valence-corrected chi connectivity index (χ0v) is 53.2. The van der Waals surface area contributed by atoms with Gasteiger partial charge in [-0.05, 0) is 116 Å². The van der Waals surface area contributed by atoms with Crippen molar-refractivity contribution in [2.45, 2.75) is 314 Å². The predicted molar refractivity (Wildman–Crippen MR) is 351 cm³/mol. The first-order valence-electron chi connectivity index (χ1n) is 33.8. The topological polar surface area (TPSA) is 175 Å². The second-order valence-corrected chi connectivity index (χ2v) is 22.8. The highest BCUT2D eigenvalue weighted by Gasteiger charge is 2.47. The third-order valence-electron chi connectivity index (χ3n) is 15.1. The van der Waals surface area contributed by atoms with Crippen molar-refractivity contribution in [3.63, 3.8) is 0 Å². The molecule has 6 N–H and O–H groups in total. The predicted octanol–water partition coefficient (Wildman–Crippen LogP) is 17.0. The van der Waals surface area contributed by atoms with E-state index in [1.165, 1.54) is 70.6 Å². The summed E-state index contributed by atoms with van der Waals surface area (Å²) in [5.74, 6) is -1.23. The molecular formula is C73H123NO10. The molecule has 0 aliphatic carbocycles. The molecule has 1 amide bonds. The summed E-state index contributed by atoms with van der Waals surface area (Å²) in [5, 5.41) is 57.1. The summed E-state index contributed by atoms with van der Waals surface area (Å²) in [4.78, 5) is 26.6. The molecule has 0 spiro atoms. The monoisotopic (exact) mass is 1170 g/mol. The van der Waals surface area contributed by atoms with E-state index < -0.39 is 67.4 Å². The van der Waals surface area contributed by atoms with Crippen molar-refractivity contribution in [1.82, 2.24) is 5.32 Å². The van der Waals surface area contributed by atoms with Gasteiger partial charge in [0.2, 0.25) is 5.91 Å². The number of unbranched alkanes of at least 4 members (excludes halogenated alkanes) is 24. The molecule has 0 aromatic heterocycles. The van der Waals surface area contributed by atoms with E-state index in [1.807, 2.05) is 6.08 Å². The van der Waals surface area contributed by atoms with Gasteiger partial charge in [0.25, 0.3) is 0 Å². The van der Waals surface area contributed by atoms with E-state index in [0.717, 1.165) is 148 Å². The van der Waals surface area contributed by atoms with Gasteiger partial charge in [0.15, 0.2) is 12.4 Å². The number of aliphatic hydroxyl groups excluding tert-OH is 5. The van der Waals surface area contributed by atoms with Gasteiger partial charge in [0.1, 0.15) is 24.4 Å². The van der Waals surface area contributed by atoms with Crippen molar-refractivity contribution >= 4 is 11.9 Å². The maximum absolute atomic E-state index is 13.5. The standard InChI is InChI=1S/C73H123NO10/c1-4-7-10-13-16-19-22-25-27-29-30-31-32-33-34-35-36-37-39-40-42-45-48-51-54-57-60-66(77)72(81)74-64(65(76)59-56-53-50-47-44-24-21-18-15-12-9-6-3)63-82-73-71(70(80)69(79)67(62-75)83-73)84-68(78)61-58-55-52-49-46-43-41-38-28-26-23-20-17-14-11-8-5-2/h7,10,16-17,19-20,25-28,30-31,33-34,36-37,41,43,56,59,64-67,69-71,73,75-77,79-80H,4-6,8-9,11-15,18,21-24,29,32,35,38-40,42,44-55,57-58,60-63H2,1-3H3,(H,74,81)/b10-7-,19-16-,20-17-,27-25-,28-26-,31-30-,34-33-,37-36-,43-41-,59-56+. The zero-order valence-electron chi connectivity index (χ0n) is 53.2. The average Bonchev–Trinajstić information content (AvgIpc) is 3.67. The van der Waals surface area contributed by atoms with Gasteiger partial charge in [-0.15, -0.1) is 0 Å². The molecule has 8 unspecified atom stereocenters. The van der Waals surface area contributed by atoms with Crippen molar-refractivity contribution in [3.05, 3.63) is 122 Å². The Labute approximate surface area is 512 Å². The summed E-state index contributed by atoms with van der Waals surface area (Å²) in [6.07, 6.45) is 72.3. The molecule has 1 heterocycles. The van der Waals surface area contributed by atoms with Crippen LogP contribution < -0.4 is 5.32 Å². The van der Waals surface area contributed by atoms with Crippen LogP contribution in [0.3, 0.4) is 0 Å². The number of nitrogens with one attached hydrogen (secondary N) is 1. The average molecular weight is 1170 g/mol. The van der Waals surface area contributed by atoms with Crippen LogP contribution in [0, 0.1) is 0 Å². The van der Waals surface area contributed by atoms with Crippen molar-refractivity contribution in [1.29, 1.82) is 0 Å². The lowest BCUT2D eigenvalue weighted by atomic mass is 9.99. The molecule has 0 saturated carbocycles. The van der Waals surface area contributed by atoms with E-state index in [4.69, 9.17) is 14.2 Å². The molecule has 0 bridgehead atoms. The van der Waals surface area contributed by atoms with Crippen LogP contribution in [0.2, 0.25) is 0 Å². The summed E-state index contributed by atoms with van der Waals surface area (Å²) < 4.78 is 17.6. The molecule has 1 aliphatic heterocycles. The lowest BCUT2D eigenvalue weighted by molar-refractivity contribution is -0.305. The number of hydrogen-bond donors (Lipinski definition) is 6. The Morgan fingerprint density at radius 2 is 0.857 bits per heavy atom. The first kappa shape index (κ1) is 78.1. The van der Waals surface area contributed by atoms with E-state index >= 15 is 0 Å². The molecule has 11 heteroatoms. The van der Waals surface area contributed by atoms with Crippen LogP contribution in [-0.2, 0) is 23.8 Å². The maximum Gasteiger partial charge on any atom is 0.306 e. The molecule has 8 atom stereocenters. The molecule has 480 valence electrons. The highest BCUT2D eigenvalue weighted by atomic mass is 16.7. The first-order valence-corrected chi connectivity index (χ1v) is 33.8. The van der Waals surface area contributed by atoms with Crippen LogP contribution in [0.5, 0.6) is 0 Å². The molecule has 1 aliphatic rings. The number of hydrogen-bond acceptors (Lipinski definition) is 10. The number of rotatable bonds is 56. The number of amides is 1. The Morgan fingerprint density at radius 1 is 0.476 bits per heavy atom. The van der Waals surface area contributed by atoms with Gasteiger partial charge in [-0.2, -0.15) is 0 Å². The maximum atomic E-state index is 13.5. The summed E-state index contributed by atoms with van der Waals surface area (Å²) >= 11 is 0. The van der Waals surface area contributed by atoms with Gasteiger partial charge < -0.3 is 45.1 Å². The van der Waals surface area contributed by atoms with Crippen molar-refractivity contribution in [2.24, 2.45) is 0 Å². The SMILES string of the molecule is CC/C=C\C/C=C\C/C=C\C/C=C\C/C=C\C/C=C\CCCCCCCCCC(O)C(=O)NC(COC1OC(CO)C(O)C(O)C1OC(=O)CCCCCC/C=C\C/C=C\C/C=C\CCCCC)C(O)/C=C/CCCCCCCCCCCC. The second kappa shape index (κ2) is 59.4. The molecular weight excluding hydrogens is 1050 g/mol. The van der Waals surface area contributed by atoms with Crippen LogP contribution in [0.25, 0.3) is 0 Å². The number of ether oxygens (including phenoxy) is 3. The number of carbonyl (C=O) groups excluding carboxylic acids is 2. The van der Waals surface area contributed by atoms with Crippen LogP contribution in [-0.4, -0.2) is 99.6 Å². The number of aliphatic hydroxyl groups is 5.